The van der Waals surface area contributed by atoms with Gasteiger partial charge in [-0.25, -0.2) is 9.59 Å². The zero-order valence-electron chi connectivity index (χ0n) is 23.7. The molecule has 3 fully saturated rings. The first kappa shape index (κ1) is 26.8. The van der Waals surface area contributed by atoms with Gasteiger partial charge >= 0.3 is 12.1 Å². The van der Waals surface area contributed by atoms with Gasteiger partial charge in [0.25, 0.3) is 0 Å². The Morgan fingerprint density at radius 1 is 1.15 bits per heavy atom. The van der Waals surface area contributed by atoms with Crippen LogP contribution in [-0.4, -0.2) is 48.7 Å². The molecule has 1 amide bonds. The van der Waals surface area contributed by atoms with Gasteiger partial charge in [0, 0.05) is 17.8 Å². The van der Waals surface area contributed by atoms with Crippen molar-refractivity contribution in [2.24, 2.45) is 16.7 Å². The van der Waals surface area contributed by atoms with Crippen molar-refractivity contribution in [1.82, 2.24) is 5.32 Å². The Labute approximate surface area is 234 Å². The lowest BCUT2D eigenvalue weighted by Crippen LogP contribution is -2.53. The first-order valence-corrected chi connectivity index (χ1v) is 13.9. The number of methoxy groups -OCH3 is 1. The number of amides is 1. The summed E-state index contributed by atoms with van der Waals surface area (Å²) >= 11 is 0. The average Bonchev–Trinajstić information content (AvgIpc) is 3.57. The number of hydrogen-bond acceptors (Lipinski definition) is 7. The summed E-state index contributed by atoms with van der Waals surface area (Å²) in [5, 5.41) is 13.9. The van der Waals surface area contributed by atoms with E-state index in [2.05, 4.69) is 44.8 Å². The normalized spacial score (nSPS) is 33.6. The van der Waals surface area contributed by atoms with Crippen molar-refractivity contribution in [2.45, 2.75) is 70.0 Å². The standard InChI is InChI=1S/C32H37NO7/c1-7-38-28(36)33-25(19-12-14-20(37-6)15-13-19)26(34)27(35)39-24-16-23-29(3,4)30(24,5)31-17-18(2)21-10-8-9-11-22(21)32(23,31)40-31/h8-15,23-26,34H,2,7,16-17H2,1,3-6H3,(H,33,36)/t23?,24?,25-,26+,30?,31-,32+/m0/s1. The fourth-order valence-corrected chi connectivity index (χ4v) is 8.36. The van der Waals surface area contributed by atoms with E-state index in [0.29, 0.717) is 24.2 Å². The van der Waals surface area contributed by atoms with Crippen molar-refractivity contribution in [3.8, 4) is 5.75 Å². The minimum atomic E-state index is -1.66. The topological polar surface area (TPSA) is 107 Å². The maximum atomic E-state index is 13.6. The second kappa shape index (κ2) is 8.82. The number of alkyl carbamates (subject to hydrolysis) is 1. The SMILES string of the molecule is C=C1C[C@@]23O[C@]2(c2ccccc21)C1CC(OC(=O)[C@H](O)[C@@H](NC(=O)OCC)c2ccc(OC)cc2)C3(C)C1(C)C. The fourth-order valence-electron chi connectivity index (χ4n) is 8.36. The quantitative estimate of drug-likeness (QED) is 0.375. The zero-order valence-corrected chi connectivity index (χ0v) is 23.7. The highest BCUT2D eigenvalue weighted by molar-refractivity contribution is 5.79. The Hall–Kier alpha value is -3.36. The van der Waals surface area contributed by atoms with E-state index in [9.17, 15) is 14.7 Å². The minimum absolute atomic E-state index is 0.115. The highest BCUT2D eigenvalue weighted by atomic mass is 16.6. The van der Waals surface area contributed by atoms with Crippen LogP contribution in [-0.2, 0) is 24.6 Å². The lowest BCUT2D eigenvalue weighted by molar-refractivity contribution is -0.172. The number of aliphatic hydroxyl groups excluding tert-OH is 1. The van der Waals surface area contributed by atoms with E-state index in [-0.39, 0.29) is 17.9 Å². The molecule has 3 aliphatic carbocycles. The number of carbonyl (C=O) groups excluding carboxylic acids is 2. The van der Waals surface area contributed by atoms with Gasteiger partial charge in [-0.2, -0.15) is 0 Å². The molecule has 1 aliphatic heterocycles. The molecule has 3 unspecified atom stereocenters. The Kier molecular flexibility index (Phi) is 5.92. The number of fused-ring (bicyclic) bond motifs is 3. The van der Waals surface area contributed by atoms with Crippen LogP contribution < -0.4 is 10.1 Å². The molecule has 40 heavy (non-hydrogen) atoms. The molecule has 7 atom stereocenters. The van der Waals surface area contributed by atoms with E-state index in [1.54, 1.807) is 38.3 Å². The van der Waals surface area contributed by atoms with Gasteiger partial charge in [-0.3, -0.25) is 0 Å². The van der Waals surface area contributed by atoms with Gasteiger partial charge < -0.3 is 29.4 Å². The third kappa shape index (κ3) is 3.20. The summed E-state index contributed by atoms with van der Waals surface area (Å²) in [7, 11) is 1.55. The molecular formula is C32H37NO7. The maximum Gasteiger partial charge on any atom is 0.407 e. The van der Waals surface area contributed by atoms with Gasteiger partial charge in [-0.15, -0.1) is 0 Å². The molecule has 8 nitrogen and oxygen atoms in total. The predicted octanol–water partition coefficient (Wildman–Crippen LogP) is 4.90. The number of benzene rings is 2. The summed E-state index contributed by atoms with van der Waals surface area (Å²) in [4.78, 5) is 25.9. The van der Waals surface area contributed by atoms with E-state index >= 15 is 0 Å². The van der Waals surface area contributed by atoms with Crippen LogP contribution in [0.15, 0.2) is 55.1 Å². The van der Waals surface area contributed by atoms with E-state index in [1.807, 2.05) is 12.1 Å². The monoisotopic (exact) mass is 547 g/mol. The number of carbonyl (C=O) groups is 2. The lowest BCUT2D eigenvalue weighted by Gasteiger charge is -2.45. The van der Waals surface area contributed by atoms with Crippen LogP contribution >= 0.6 is 0 Å². The number of nitrogens with one attached hydrogen (secondary N) is 1. The molecule has 2 bridgehead atoms. The van der Waals surface area contributed by atoms with Crippen molar-refractivity contribution in [3.63, 3.8) is 0 Å². The van der Waals surface area contributed by atoms with Crippen molar-refractivity contribution in [3.05, 3.63) is 71.8 Å². The van der Waals surface area contributed by atoms with Crippen molar-refractivity contribution in [1.29, 1.82) is 0 Å². The largest absolute Gasteiger partial charge is 0.497 e. The number of ether oxygens (including phenoxy) is 4. The Bertz CT molecular complexity index is 1390. The fraction of sp³-hybridized carbons (Fsp3) is 0.500. The van der Waals surface area contributed by atoms with Crippen LogP contribution in [0.1, 0.15) is 63.3 Å². The first-order valence-electron chi connectivity index (χ1n) is 13.9. The molecule has 0 aromatic heterocycles. The summed E-state index contributed by atoms with van der Waals surface area (Å²) in [5.41, 5.74) is 2.17. The molecule has 8 heteroatoms. The van der Waals surface area contributed by atoms with Gasteiger partial charge in [-0.05, 0) is 53.2 Å². The smallest absolute Gasteiger partial charge is 0.407 e. The van der Waals surface area contributed by atoms with Crippen LogP contribution in [0.25, 0.3) is 5.57 Å². The molecule has 0 spiro atoms. The number of hydrogen-bond donors (Lipinski definition) is 2. The van der Waals surface area contributed by atoms with Gasteiger partial charge in [0.2, 0.25) is 0 Å². The van der Waals surface area contributed by atoms with E-state index < -0.39 is 46.9 Å². The molecule has 1 saturated heterocycles. The van der Waals surface area contributed by atoms with E-state index in [4.69, 9.17) is 18.9 Å². The third-order valence-corrected chi connectivity index (χ3v) is 10.5. The first-order chi connectivity index (χ1) is 19.0. The third-order valence-electron chi connectivity index (χ3n) is 10.5. The Morgan fingerprint density at radius 2 is 1.85 bits per heavy atom. The number of rotatable bonds is 7. The number of aliphatic hydroxyl groups is 1. The van der Waals surface area contributed by atoms with Gasteiger partial charge in [-0.1, -0.05) is 63.7 Å². The Balaban J connectivity index is 1.29. The van der Waals surface area contributed by atoms with Crippen LogP contribution in [0.2, 0.25) is 0 Å². The van der Waals surface area contributed by atoms with Crippen molar-refractivity contribution < 1.29 is 33.6 Å². The summed E-state index contributed by atoms with van der Waals surface area (Å²) in [6.45, 7) is 12.8. The molecular weight excluding hydrogens is 510 g/mol. The van der Waals surface area contributed by atoms with Gasteiger partial charge in [0.15, 0.2) is 6.10 Å². The lowest BCUT2D eigenvalue weighted by atomic mass is 9.59. The summed E-state index contributed by atoms with van der Waals surface area (Å²) < 4.78 is 23.2. The minimum Gasteiger partial charge on any atom is -0.497 e. The average molecular weight is 548 g/mol. The molecule has 0 radical (unpaired) electrons. The summed E-state index contributed by atoms with van der Waals surface area (Å²) in [6.07, 6.45) is -1.60. The van der Waals surface area contributed by atoms with Gasteiger partial charge in [0.05, 0.1) is 19.8 Å². The number of epoxide rings is 1. The summed E-state index contributed by atoms with van der Waals surface area (Å²) in [6, 6.07) is 14.0. The van der Waals surface area contributed by atoms with Crippen molar-refractivity contribution in [2.75, 3.05) is 13.7 Å². The van der Waals surface area contributed by atoms with E-state index in [1.165, 1.54) is 5.56 Å². The van der Waals surface area contributed by atoms with Crippen LogP contribution in [0.4, 0.5) is 4.79 Å². The van der Waals surface area contributed by atoms with Crippen LogP contribution in [0.5, 0.6) is 5.75 Å². The molecule has 212 valence electrons. The maximum absolute atomic E-state index is 13.6. The van der Waals surface area contributed by atoms with Gasteiger partial charge in [0.1, 0.15) is 23.1 Å². The molecule has 2 saturated carbocycles. The summed E-state index contributed by atoms with van der Waals surface area (Å²) in [5.74, 6) is -0.0789. The molecule has 2 aromatic rings. The molecule has 2 N–H and O–H groups in total. The predicted molar refractivity (Wildman–Crippen MR) is 147 cm³/mol. The highest BCUT2D eigenvalue weighted by Gasteiger charge is 2.95. The molecule has 2 aromatic carbocycles. The van der Waals surface area contributed by atoms with E-state index in [0.717, 1.165) is 11.1 Å². The van der Waals surface area contributed by atoms with Crippen LogP contribution in [0, 0.1) is 16.7 Å². The number of esters is 1. The van der Waals surface area contributed by atoms with Crippen molar-refractivity contribution >= 4 is 17.6 Å². The highest BCUT2D eigenvalue weighted by Crippen LogP contribution is 2.89. The second-order valence-corrected chi connectivity index (χ2v) is 12.2. The second-order valence-electron chi connectivity index (χ2n) is 12.2. The zero-order chi connectivity index (χ0) is 28.7. The molecule has 4 aliphatic rings. The molecule has 1 heterocycles. The molecule has 6 rings (SSSR count). The van der Waals surface area contributed by atoms with Crippen LogP contribution in [0.3, 0.4) is 0 Å². The Morgan fingerprint density at radius 3 is 2.52 bits per heavy atom.